The lowest BCUT2D eigenvalue weighted by molar-refractivity contribution is 0.0936. The van der Waals surface area contributed by atoms with E-state index in [2.05, 4.69) is 20.6 Å². The van der Waals surface area contributed by atoms with E-state index in [0.717, 1.165) is 36.7 Å². The van der Waals surface area contributed by atoms with Crippen LogP contribution in [0.4, 0.5) is 0 Å². The smallest absolute Gasteiger partial charge is 0.257 e. The molecule has 1 atom stereocenters. The lowest BCUT2D eigenvalue weighted by atomic mass is 9.95. The number of nitrogens with zero attached hydrogens (tertiary/aromatic N) is 2. The van der Waals surface area contributed by atoms with E-state index in [1.54, 1.807) is 19.3 Å². The second-order valence-corrected chi connectivity index (χ2v) is 8.07. The molecule has 0 saturated heterocycles. The summed E-state index contributed by atoms with van der Waals surface area (Å²) in [5, 5.41) is 5.35. The van der Waals surface area contributed by atoms with Crippen LogP contribution in [0.25, 0.3) is 11.0 Å². The van der Waals surface area contributed by atoms with Gasteiger partial charge in [0.05, 0.1) is 17.1 Å². The molecule has 2 aromatic heterocycles. The zero-order chi connectivity index (χ0) is 22.0. The van der Waals surface area contributed by atoms with Gasteiger partial charge < -0.3 is 20.2 Å². The molecule has 8 nitrogen and oxygen atoms in total. The average molecular weight is 422 g/mol. The van der Waals surface area contributed by atoms with Crippen LogP contribution in [-0.4, -0.2) is 33.4 Å². The molecule has 162 valence electrons. The van der Waals surface area contributed by atoms with E-state index in [1.165, 1.54) is 13.5 Å². The van der Waals surface area contributed by atoms with Gasteiger partial charge in [-0.25, -0.2) is 4.98 Å². The minimum Gasteiger partial charge on any atom is -0.355 e. The molecule has 4 rings (SSSR count). The Morgan fingerprint density at radius 1 is 1.10 bits per heavy atom. The highest BCUT2D eigenvalue weighted by molar-refractivity contribution is 5.99. The molecule has 2 amide bonds. The second kappa shape index (κ2) is 8.75. The number of fused-ring (bicyclic) bond motifs is 1. The van der Waals surface area contributed by atoms with Gasteiger partial charge in [0, 0.05) is 25.5 Å². The van der Waals surface area contributed by atoms with Crippen molar-refractivity contribution >= 4 is 22.8 Å². The fourth-order valence-corrected chi connectivity index (χ4v) is 4.17. The molecule has 1 fully saturated rings. The number of pyridine rings is 1. The van der Waals surface area contributed by atoms with Gasteiger partial charge >= 0.3 is 0 Å². The summed E-state index contributed by atoms with van der Waals surface area (Å²) >= 11 is 0. The zero-order valence-electron chi connectivity index (χ0n) is 17.8. The second-order valence-electron chi connectivity index (χ2n) is 8.07. The average Bonchev–Trinajstić information content (AvgIpc) is 3.24. The minimum absolute atomic E-state index is 0.0166. The van der Waals surface area contributed by atoms with Crippen molar-refractivity contribution in [1.29, 1.82) is 0 Å². The number of amides is 2. The van der Waals surface area contributed by atoms with Crippen LogP contribution in [0, 0.1) is 0 Å². The first-order valence-electron chi connectivity index (χ1n) is 10.7. The van der Waals surface area contributed by atoms with Gasteiger partial charge in [0.1, 0.15) is 17.0 Å². The quantitative estimate of drug-likeness (QED) is 0.588. The molecule has 0 spiro atoms. The van der Waals surface area contributed by atoms with E-state index in [-0.39, 0.29) is 17.2 Å². The van der Waals surface area contributed by atoms with Crippen LogP contribution in [0.2, 0.25) is 0 Å². The van der Waals surface area contributed by atoms with E-state index in [4.69, 9.17) is 0 Å². The van der Waals surface area contributed by atoms with E-state index >= 15 is 0 Å². The third kappa shape index (κ3) is 4.23. The van der Waals surface area contributed by atoms with Gasteiger partial charge in [-0.05, 0) is 31.9 Å². The number of carbonyl (C=O) groups excluding carboxylic acids is 2. The van der Waals surface area contributed by atoms with Crippen LogP contribution in [0.5, 0.6) is 0 Å². The number of hydrogen-bond donors (Lipinski definition) is 3. The zero-order valence-corrected chi connectivity index (χ0v) is 17.8. The Balaban J connectivity index is 1.65. The molecule has 31 heavy (non-hydrogen) atoms. The first-order chi connectivity index (χ1) is 15.0. The molecule has 0 bridgehead atoms. The standard InChI is InChI=1S/C23H27N5O3/c1-14(21-26-18-10-6-7-11-19(18)27-21)25-23(31)17-13-28(15-8-4-3-5-9-15)12-16(20(17)29)22(30)24-2/h6-7,10-15H,3-5,8-9H2,1-2H3,(H,24,30)(H,25,31)(H,26,27)/t14-/m1/s1. The van der Waals surface area contributed by atoms with E-state index in [1.807, 2.05) is 28.8 Å². The lowest BCUT2D eigenvalue weighted by Crippen LogP contribution is -2.36. The van der Waals surface area contributed by atoms with E-state index < -0.39 is 23.3 Å². The maximum atomic E-state index is 13.1. The summed E-state index contributed by atoms with van der Waals surface area (Å²) in [6, 6.07) is 7.35. The minimum atomic E-state index is -0.569. The predicted molar refractivity (Wildman–Crippen MR) is 118 cm³/mol. The largest absolute Gasteiger partial charge is 0.355 e. The number of benzene rings is 1. The van der Waals surface area contributed by atoms with Gasteiger partial charge in [0.25, 0.3) is 11.8 Å². The van der Waals surface area contributed by atoms with Crippen molar-refractivity contribution < 1.29 is 9.59 Å². The maximum absolute atomic E-state index is 13.1. The molecule has 0 radical (unpaired) electrons. The topological polar surface area (TPSA) is 109 Å². The number of hydrogen-bond acceptors (Lipinski definition) is 4. The number of nitrogens with one attached hydrogen (secondary N) is 3. The summed E-state index contributed by atoms with van der Waals surface area (Å²) in [7, 11) is 1.48. The molecular formula is C23H27N5O3. The van der Waals surface area contributed by atoms with Crippen LogP contribution >= 0.6 is 0 Å². The molecule has 1 aromatic carbocycles. The van der Waals surface area contributed by atoms with Crippen molar-refractivity contribution in [3.8, 4) is 0 Å². The fraction of sp³-hybridized carbons (Fsp3) is 0.391. The first-order valence-corrected chi connectivity index (χ1v) is 10.7. The Hall–Kier alpha value is -3.42. The highest BCUT2D eigenvalue weighted by Crippen LogP contribution is 2.28. The van der Waals surface area contributed by atoms with Gasteiger partial charge in [-0.1, -0.05) is 31.4 Å². The Morgan fingerprint density at radius 2 is 1.77 bits per heavy atom. The first kappa shape index (κ1) is 20.8. The van der Waals surface area contributed by atoms with Crippen molar-refractivity contribution in [3.63, 3.8) is 0 Å². The summed E-state index contributed by atoms with van der Waals surface area (Å²) in [6.45, 7) is 1.80. The number of rotatable bonds is 5. The van der Waals surface area contributed by atoms with E-state index in [0.29, 0.717) is 5.82 Å². The number of H-pyrrole nitrogens is 1. The van der Waals surface area contributed by atoms with Gasteiger partial charge in [-0.15, -0.1) is 0 Å². The number of carbonyl (C=O) groups is 2. The summed E-state index contributed by atoms with van der Waals surface area (Å²) in [6.07, 6.45) is 8.47. The third-order valence-corrected chi connectivity index (χ3v) is 5.92. The molecule has 3 aromatic rings. The predicted octanol–water partition coefficient (Wildman–Crippen LogP) is 3.08. The molecule has 8 heteroatoms. The van der Waals surface area contributed by atoms with Gasteiger partial charge in [0.15, 0.2) is 0 Å². The number of aromatic nitrogens is 3. The van der Waals surface area contributed by atoms with Gasteiger partial charge in [-0.3, -0.25) is 14.4 Å². The molecule has 0 aliphatic heterocycles. The van der Waals surface area contributed by atoms with Crippen LogP contribution in [0.1, 0.15) is 77.7 Å². The number of aromatic amines is 1. The highest BCUT2D eigenvalue weighted by Gasteiger charge is 2.24. The Bertz CT molecular complexity index is 1140. The Kier molecular flexibility index (Phi) is 5.88. The number of imidazole rings is 1. The fourth-order valence-electron chi connectivity index (χ4n) is 4.17. The SMILES string of the molecule is CNC(=O)c1cn(C2CCCCC2)cc(C(=O)N[C@H](C)c2nc3ccccc3[nH]2)c1=O. The molecule has 1 saturated carbocycles. The van der Waals surface area contributed by atoms with Crippen molar-refractivity contribution in [2.75, 3.05) is 7.05 Å². The van der Waals surface area contributed by atoms with Crippen LogP contribution < -0.4 is 16.1 Å². The van der Waals surface area contributed by atoms with Gasteiger partial charge in [-0.2, -0.15) is 0 Å². The van der Waals surface area contributed by atoms with Gasteiger partial charge in [0.2, 0.25) is 5.43 Å². The van der Waals surface area contributed by atoms with Crippen LogP contribution in [0.3, 0.4) is 0 Å². The molecular weight excluding hydrogens is 394 g/mol. The van der Waals surface area contributed by atoms with Crippen molar-refractivity contribution in [2.24, 2.45) is 0 Å². The van der Waals surface area contributed by atoms with E-state index in [9.17, 15) is 14.4 Å². The summed E-state index contributed by atoms with van der Waals surface area (Å²) in [5.41, 5.74) is 1.06. The summed E-state index contributed by atoms with van der Waals surface area (Å²) in [4.78, 5) is 46.0. The molecule has 2 heterocycles. The maximum Gasteiger partial charge on any atom is 0.257 e. The van der Waals surface area contributed by atoms with Crippen LogP contribution in [0.15, 0.2) is 41.5 Å². The molecule has 3 N–H and O–H groups in total. The Morgan fingerprint density at radius 3 is 2.45 bits per heavy atom. The normalized spacial score (nSPS) is 15.5. The molecule has 1 aliphatic carbocycles. The number of para-hydroxylation sites is 2. The van der Waals surface area contributed by atoms with Crippen molar-refractivity contribution in [3.05, 3.63) is 63.8 Å². The summed E-state index contributed by atoms with van der Waals surface area (Å²) < 4.78 is 1.87. The molecule has 1 aliphatic rings. The lowest BCUT2D eigenvalue weighted by Gasteiger charge is -2.25. The van der Waals surface area contributed by atoms with Crippen molar-refractivity contribution in [2.45, 2.75) is 51.1 Å². The van der Waals surface area contributed by atoms with Crippen LogP contribution in [-0.2, 0) is 0 Å². The Labute approximate surface area is 180 Å². The summed E-state index contributed by atoms with van der Waals surface area (Å²) in [5.74, 6) is -0.410. The monoisotopic (exact) mass is 421 g/mol. The van der Waals surface area contributed by atoms with Crippen molar-refractivity contribution in [1.82, 2.24) is 25.2 Å². The third-order valence-electron chi connectivity index (χ3n) is 5.92. The highest BCUT2D eigenvalue weighted by atomic mass is 16.2. The molecule has 0 unspecified atom stereocenters.